The minimum absolute atomic E-state index is 0.163. The Morgan fingerprint density at radius 3 is 2.39 bits per heavy atom. The Morgan fingerprint density at radius 1 is 1.22 bits per heavy atom. The van der Waals surface area contributed by atoms with E-state index in [1.54, 1.807) is 24.3 Å². The lowest BCUT2D eigenvalue weighted by atomic mass is 10.00. The maximum absolute atomic E-state index is 12.1. The molecule has 100 valence electrons. The van der Waals surface area contributed by atoms with Crippen molar-refractivity contribution in [1.82, 2.24) is 0 Å². The molecular weight excluding hydrogens is 248 g/mol. The second-order valence-corrected chi connectivity index (χ2v) is 7.00. The summed E-state index contributed by atoms with van der Waals surface area (Å²) < 4.78 is 29.8. The highest BCUT2D eigenvalue weighted by Gasteiger charge is 2.32. The predicted molar refractivity (Wildman–Crippen MR) is 71.7 cm³/mol. The molecule has 0 heterocycles. The Balaban J connectivity index is 2.03. The van der Waals surface area contributed by atoms with Crippen LogP contribution in [-0.2, 0) is 9.84 Å². The van der Waals surface area contributed by atoms with Crippen LogP contribution in [0.15, 0.2) is 29.2 Å². The van der Waals surface area contributed by atoms with E-state index in [4.69, 9.17) is 4.74 Å². The fourth-order valence-electron chi connectivity index (χ4n) is 1.93. The van der Waals surface area contributed by atoms with Crippen LogP contribution >= 0.6 is 0 Å². The van der Waals surface area contributed by atoms with Crippen molar-refractivity contribution in [2.45, 2.75) is 49.2 Å². The van der Waals surface area contributed by atoms with Gasteiger partial charge in [-0.15, -0.1) is 0 Å². The number of hydrogen-bond acceptors (Lipinski definition) is 3. The summed E-state index contributed by atoms with van der Waals surface area (Å²) in [5.41, 5.74) is 0. The van der Waals surface area contributed by atoms with Gasteiger partial charge in [-0.1, -0.05) is 19.8 Å². The SMILES string of the molecule is CCCCOc1ccc(S(=O)(=O)C2CCC2)cc1. The quantitative estimate of drug-likeness (QED) is 0.744. The lowest BCUT2D eigenvalue weighted by Gasteiger charge is -2.25. The Labute approximate surface area is 109 Å². The van der Waals surface area contributed by atoms with Gasteiger partial charge in [-0.25, -0.2) is 8.42 Å². The smallest absolute Gasteiger partial charge is 0.181 e. The van der Waals surface area contributed by atoms with Crippen LogP contribution in [0, 0.1) is 0 Å². The third kappa shape index (κ3) is 2.86. The van der Waals surface area contributed by atoms with Crippen LogP contribution in [-0.4, -0.2) is 20.3 Å². The fraction of sp³-hybridized carbons (Fsp3) is 0.571. The average molecular weight is 268 g/mol. The summed E-state index contributed by atoms with van der Waals surface area (Å²) in [7, 11) is -3.10. The molecule has 2 rings (SSSR count). The molecule has 0 unspecified atom stereocenters. The van der Waals surface area contributed by atoms with Crippen LogP contribution in [0.25, 0.3) is 0 Å². The van der Waals surface area contributed by atoms with E-state index in [2.05, 4.69) is 6.92 Å². The third-order valence-electron chi connectivity index (χ3n) is 3.41. The summed E-state index contributed by atoms with van der Waals surface area (Å²) in [6, 6.07) is 6.83. The van der Waals surface area contributed by atoms with Crippen molar-refractivity contribution in [3.05, 3.63) is 24.3 Å². The van der Waals surface area contributed by atoms with Crippen LogP contribution in [0.4, 0.5) is 0 Å². The summed E-state index contributed by atoms with van der Waals surface area (Å²) in [4.78, 5) is 0.426. The van der Waals surface area contributed by atoms with Crippen molar-refractivity contribution in [3.63, 3.8) is 0 Å². The van der Waals surface area contributed by atoms with Crippen LogP contribution in [0.1, 0.15) is 39.0 Å². The van der Waals surface area contributed by atoms with Gasteiger partial charge < -0.3 is 4.74 Å². The van der Waals surface area contributed by atoms with E-state index in [-0.39, 0.29) is 5.25 Å². The molecule has 0 spiro atoms. The van der Waals surface area contributed by atoms with Crippen molar-refractivity contribution < 1.29 is 13.2 Å². The van der Waals surface area contributed by atoms with E-state index in [0.717, 1.165) is 37.9 Å². The van der Waals surface area contributed by atoms with E-state index in [1.165, 1.54) is 0 Å². The molecule has 1 aliphatic carbocycles. The average Bonchev–Trinajstić information content (AvgIpc) is 2.27. The van der Waals surface area contributed by atoms with E-state index < -0.39 is 9.84 Å². The van der Waals surface area contributed by atoms with Gasteiger partial charge in [0.25, 0.3) is 0 Å². The minimum Gasteiger partial charge on any atom is -0.494 e. The van der Waals surface area contributed by atoms with Gasteiger partial charge in [0, 0.05) is 0 Å². The van der Waals surface area contributed by atoms with Crippen LogP contribution in [0.2, 0.25) is 0 Å². The molecule has 18 heavy (non-hydrogen) atoms. The van der Waals surface area contributed by atoms with Gasteiger partial charge in [-0.2, -0.15) is 0 Å². The Morgan fingerprint density at radius 2 is 1.89 bits per heavy atom. The summed E-state index contributed by atoms with van der Waals surface area (Å²) >= 11 is 0. The maximum Gasteiger partial charge on any atom is 0.181 e. The number of hydrogen-bond donors (Lipinski definition) is 0. The van der Waals surface area contributed by atoms with Crippen molar-refractivity contribution in [1.29, 1.82) is 0 Å². The van der Waals surface area contributed by atoms with Crippen molar-refractivity contribution in [2.24, 2.45) is 0 Å². The molecule has 3 nitrogen and oxygen atoms in total. The summed E-state index contributed by atoms with van der Waals surface area (Å²) in [5.74, 6) is 0.746. The molecule has 0 atom stereocenters. The highest BCUT2D eigenvalue weighted by Crippen LogP contribution is 2.31. The van der Waals surface area contributed by atoms with Crippen LogP contribution in [0.3, 0.4) is 0 Å². The second kappa shape index (κ2) is 5.74. The normalized spacial score (nSPS) is 16.3. The number of sulfone groups is 1. The Kier molecular flexibility index (Phi) is 4.27. The largest absolute Gasteiger partial charge is 0.494 e. The Bertz CT molecular complexity index is 472. The van der Waals surface area contributed by atoms with Crippen molar-refractivity contribution in [2.75, 3.05) is 6.61 Å². The standard InChI is InChI=1S/C14H20O3S/c1-2-3-11-17-12-7-9-14(10-8-12)18(15,16)13-5-4-6-13/h7-10,13H,2-6,11H2,1H3. The number of rotatable bonds is 6. The molecule has 0 saturated heterocycles. The zero-order chi connectivity index (χ0) is 13.0. The zero-order valence-electron chi connectivity index (χ0n) is 10.8. The molecule has 1 aromatic rings. The molecule has 0 radical (unpaired) electrons. The van der Waals surface area contributed by atoms with Gasteiger partial charge in [0.15, 0.2) is 9.84 Å². The van der Waals surface area contributed by atoms with Crippen LogP contribution < -0.4 is 4.74 Å². The van der Waals surface area contributed by atoms with Gasteiger partial charge in [0.2, 0.25) is 0 Å². The molecule has 1 aromatic carbocycles. The molecule has 0 aromatic heterocycles. The first-order valence-corrected chi connectivity index (χ1v) is 8.16. The van der Waals surface area contributed by atoms with Gasteiger partial charge in [0.1, 0.15) is 5.75 Å². The van der Waals surface area contributed by atoms with Crippen molar-refractivity contribution >= 4 is 9.84 Å². The molecule has 1 saturated carbocycles. The first-order chi connectivity index (χ1) is 8.64. The number of benzene rings is 1. The van der Waals surface area contributed by atoms with Gasteiger partial charge in [0.05, 0.1) is 16.8 Å². The highest BCUT2D eigenvalue weighted by molar-refractivity contribution is 7.92. The van der Waals surface area contributed by atoms with Gasteiger partial charge in [-0.3, -0.25) is 0 Å². The zero-order valence-corrected chi connectivity index (χ0v) is 11.6. The molecule has 0 aliphatic heterocycles. The third-order valence-corrected chi connectivity index (χ3v) is 5.69. The first kappa shape index (κ1) is 13.4. The fourth-order valence-corrected chi connectivity index (χ4v) is 3.79. The monoisotopic (exact) mass is 268 g/mol. The maximum atomic E-state index is 12.1. The van der Waals surface area contributed by atoms with E-state index in [0.29, 0.717) is 11.5 Å². The molecule has 1 fully saturated rings. The van der Waals surface area contributed by atoms with Crippen LogP contribution in [0.5, 0.6) is 5.75 Å². The molecular formula is C14H20O3S. The number of unbranched alkanes of at least 4 members (excludes halogenated alkanes) is 1. The summed E-state index contributed by atoms with van der Waals surface area (Å²) in [6.45, 7) is 2.79. The van der Waals surface area contributed by atoms with E-state index >= 15 is 0 Å². The van der Waals surface area contributed by atoms with E-state index in [9.17, 15) is 8.42 Å². The van der Waals surface area contributed by atoms with Gasteiger partial charge >= 0.3 is 0 Å². The molecule has 0 bridgehead atoms. The topological polar surface area (TPSA) is 43.4 Å². The lowest BCUT2D eigenvalue weighted by Crippen LogP contribution is -2.28. The molecule has 4 heteroatoms. The summed E-state index contributed by atoms with van der Waals surface area (Å²) in [6.07, 6.45) is 4.74. The van der Waals surface area contributed by atoms with Gasteiger partial charge in [-0.05, 0) is 43.5 Å². The number of ether oxygens (including phenoxy) is 1. The predicted octanol–water partition coefficient (Wildman–Crippen LogP) is 3.19. The lowest BCUT2D eigenvalue weighted by molar-refractivity contribution is 0.309. The molecule has 0 N–H and O–H groups in total. The Hall–Kier alpha value is -1.03. The first-order valence-electron chi connectivity index (χ1n) is 6.61. The highest BCUT2D eigenvalue weighted by atomic mass is 32.2. The van der Waals surface area contributed by atoms with Crippen molar-refractivity contribution in [3.8, 4) is 5.75 Å². The second-order valence-electron chi connectivity index (χ2n) is 4.77. The minimum atomic E-state index is -3.10. The molecule has 1 aliphatic rings. The van der Waals surface area contributed by atoms with E-state index in [1.807, 2.05) is 0 Å². The molecule has 0 amide bonds. The summed E-state index contributed by atoms with van der Waals surface area (Å²) in [5, 5.41) is -0.163.